The first-order valence-electron chi connectivity index (χ1n) is 5.21. The van der Waals surface area contributed by atoms with Gasteiger partial charge in [0.2, 0.25) is 0 Å². The molecule has 16 heavy (non-hydrogen) atoms. The van der Waals surface area contributed by atoms with E-state index in [2.05, 4.69) is 44.0 Å². The Morgan fingerprint density at radius 3 is 2.56 bits per heavy atom. The summed E-state index contributed by atoms with van der Waals surface area (Å²) in [7, 11) is 0. The van der Waals surface area contributed by atoms with Crippen LogP contribution in [-0.4, -0.2) is 4.98 Å². The molecule has 1 aromatic carbocycles. The maximum absolute atomic E-state index is 5.81. The van der Waals surface area contributed by atoms with Gasteiger partial charge in [0, 0.05) is 10.4 Å². The third-order valence-corrected chi connectivity index (χ3v) is 3.97. The molecular weight excluding hydrogens is 238 g/mol. The molecule has 0 fully saturated rings. The second-order valence-electron chi connectivity index (χ2n) is 3.96. The number of rotatable bonds is 2. The number of aryl methyl sites for hydroxylation is 3. The maximum atomic E-state index is 5.81. The van der Waals surface area contributed by atoms with Gasteiger partial charge in [0.05, 0.1) is 11.6 Å². The molecule has 1 heterocycles. The first kappa shape index (κ1) is 11.6. The molecule has 2 rings (SSSR count). The monoisotopic (exact) mass is 251 g/mol. The highest BCUT2D eigenvalue weighted by molar-refractivity contribution is 7.12. The molecule has 0 aliphatic rings. The van der Waals surface area contributed by atoms with Crippen LogP contribution in [0.2, 0.25) is 0 Å². The summed E-state index contributed by atoms with van der Waals surface area (Å²) in [6.45, 7) is 6.33. The van der Waals surface area contributed by atoms with Gasteiger partial charge < -0.3 is 0 Å². The van der Waals surface area contributed by atoms with E-state index in [9.17, 15) is 0 Å². The zero-order chi connectivity index (χ0) is 11.7. The molecule has 0 spiro atoms. The molecule has 1 aromatic heterocycles. The lowest BCUT2D eigenvalue weighted by Crippen LogP contribution is -1.87. The van der Waals surface area contributed by atoms with Crippen molar-refractivity contribution < 1.29 is 0 Å². The Bertz CT molecular complexity index is 517. The number of hydrogen-bond acceptors (Lipinski definition) is 2. The normalized spacial score (nSPS) is 10.8. The molecular formula is C13H14ClNS. The van der Waals surface area contributed by atoms with Crippen molar-refractivity contribution in [3.05, 3.63) is 39.2 Å². The molecule has 0 aliphatic heterocycles. The molecule has 0 bridgehead atoms. The molecule has 0 aliphatic carbocycles. The van der Waals surface area contributed by atoms with Crippen molar-refractivity contribution in [2.45, 2.75) is 26.7 Å². The summed E-state index contributed by atoms with van der Waals surface area (Å²) in [6, 6.07) is 6.46. The minimum absolute atomic E-state index is 0.496. The van der Waals surface area contributed by atoms with Crippen LogP contribution in [0.5, 0.6) is 0 Å². The van der Waals surface area contributed by atoms with Crippen LogP contribution in [0.15, 0.2) is 18.2 Å². The molecule has 0 atom stereocenters. The molecule has 0 saturated heterocycles. The summed E-state index contributed by atoms with van der Waals surface area (Å²) < 4.78 is 0. The lowest BCUT2D eigenvalue weighted by atomic mass is 10.0. The third-order valence-electron chi connectivity index (χ3n) is 2.59. The van der Waals surface area contributed by atoms with Gasteiger partial charge in [-0.25, -0.2) is 4.98 Å². The van der Waals surface area contributed by atoms with E-state index in [4.69, 9.17) is 11.6 Å². The summed E-state index contributed by atoms with van der Waals surface area (Å²) in [5.74, 6) is 0.496. The summed E-state index contributed by atoms with van der Waals surface area (Å²) >= 11 is 7.49. The summed E-state index contributed by atoms with van der Waals surface area (Å²) in [4.78, 5) is 5.81. The number of halogens is 1. The molecule has 1 nitrogen and oxygen atoms in total. The maximum Gasteiger partial charge on any atom is 0.108 e. The van der Waals surface area contributed by atoms with Gasteiger partial charge in [-0.2, -0.15) is 0 Å². The fourth-order valence-electron chi connectivity index (χ4n) is 1.84. The van der Waals surface area contributed by atoms with Gasteiger partial charge >= 0.3 is 0 Å². The summed E-state index contributed by atoms with van der Waals surface area (Å²) in [6.07, 6.45) is 0. The number of hydrogen-bond donors (Lipinski definition) is 0. The third kappa shape index (κ3) is 2.13. The van der Waals surface area contributed by atoms with E-state index >= 15 is 0 Å². The number of benzene rings is 1. The first-order chi connectivity index (χ1) is 7.61. The van der Waals surface area contributed by atoms with Crippen molar-refractivity contribution in [1.29, 1.82) is 0 Å². The van der Waals surface area contributed by atoms with Gasteiger partial charge in [-0.05, 0) is 26.3 Å². The van der Waals surface area contributed by atoms with E-state index in [0.29, 0.717) is 5.88 Å². The molecule has 0 radical (unpaired) electrons. The van der Waals surface area contributed by atoms with Crippen LogP contribution < -0.4 is 0 Å². The van der Waals surface area contributed by atoms with Gasteiger partial charge in [-0.1, -0.05) is 23.8 Å². The van der Waals surface area contributed by atoms with Gasteiger partial charge in [0.1, 0.15) is 5.01 Å². The van der Waals surface area contributed by atoms with Crippen LogP contribution >= 0.6 is 22.9 Å². The zero-order valence-electron chi connectivity index (χ0n) is 9.67. The van der Waals surface area contributed by atoms with Crippen molar-refractivity contribution in [3.8, 4) is 11.3 Å². The number of alkyl halides is 1. The average Bonchev–Trinajstić information content (AvgIpc) is 2.60. The lowest BCUT2D eigenvalue weighted by molar-refractivity contribution is 1.24. The van der Waals surface area contributed by atoms with Gasteiger partial charge in [-0.15, -0.1) is 22.9 Å². The van der Waals surface area contributed by atoms with Gasteiger partial charge in [-0.3, -0.25) is 0 Å². The van der Waals surface area contributed by atoms with Crippen LogP contribution in [0, 0.1) is 20.8 Å². The van der Waals surface area contributed by atoms with Crippen LogP contribution in [0.3, 0.4) is 0 Å². The van der Waals surface area contributed by atoms with Crippen molar-refractivity contribution in [2.75, 3.05) is 0 Å². The fraction of sp³-hybridized carbons (Fsp3) is 0.308. The fourth-order valence-corrected chi connectivity index (χ4v) is 2.86. The van der Waals surface area contributed by atoms with E-state index in [1.807, 2.05) is 0 Å². The topological polar surface area (TPSA) is 12.9 Å². The van der Waals surface area contributed by atoms with E-state index < -0.39 is 0 Å². The Hall–Kier alpha value is -0.860. The SMILES string of the molecule is Cc1ccc(-c2nc(CCl)sc2C)c(C)c1. The highest BCUT2D eigenvalue weighted by Crippen LogP contribution is 2.30. The highest BCUT2D eigenvalue weighted by Gasteiger charge is 2.11. The average molecular weight is 252 g/mol. The quantitative estimate of drug-likeness (QED) is 0.718. The summed E-state index contributed by atoms with van der Waals surface area (Å²) in [5.41, 5.74) is 4.86. The minimum Gasteiger partial charge on any atom is -0.240 e. The second kappa shape index (κ2) is 4.56. The van der Waals surface area contributed by atoms with Crippen molar-refractivity contribution >= 4 is 22.9 Å². The van der Waals surface area contributed by atoms with Crippen LogP contribution in [0.4, 0.5) is 0 Å². The molecule has 0 amide bonds. The smallest absolute Gasteiger partial charge is 0.108 e. The van der Waals surface area contributed by atoms with E-state index in [1.54, 1.807) is 11.3 Å². The number of aromatic nitrogens is 1. The first-order valence-corrected chi connectivity index (χ1v) is 6.57. The summed E-state index contributed by atoms with van der Waals surface area (Å²) in [5, 5.41) is 0.995. The van der Waals surface area contributed by atoms with E-state index in [-0.39, 0.29) is 0 Å². The molecule has 0 N–H and O–H groups in total. The zero-order valence-corrected chi connectivity index (χ0v) is 11.2. The van der Waals surface area contributed by atoms with Crippen LogP contribution in [-0.2, 0) is 5.88 Å². The lowest BCUT2D eigenvalue weighted by Gasteiger charge is -2.04. The Balaban J connectivity index is 2.53. The number of nitrogens with zero attached hydrogens (tertiary/aromatic N) is 1. The van der Waals surface area contributed by atoms with E-state index in [0.717, 1.165) is 10.7 Å². The van der Waals surface area contributed by atoms with Crippen molar-refractivity contribution in [2.24, 2.45) is 0 Å². The Kier molecular flexibility index (Phi) is 3.31. The number of thiazole rings is 1. The van der Waals surface area contributed by atoms with Crippen LogP contribution in [0.1, 0.15) is 21.0 Å². The predicted molar refractivity (Wildman–Crippen MR) is 71.3 cm³/mol. The van der Waals surface area contributed by atoms with Gasteiger partial charge in [0.25, 0.3) is 0 Å². The molecule has 0 unspecified atom stereocenters. The Morgan fingerprint density at radius 1 is 1.25 bits per heavy atom. The molecule has 0 saturated carbocycles. The van der Waals surface area contributed by atoms with Crippen molar-refractivity contribution in [1.82, 2.24) is 4.98 Å². The minimum atomic E-state index is 0.496. The molecule has 3 heteroatoms. The second-order valence-corrected chi connectivity index (χ2v) is 5.52. The predicted octanol–water partition coefficient (Wildman–Crippen LogP) is 4.47. The largest absolute Gasteiger partial charge is 0.240 e. The van der Waals surface area contributed by atoms with E-state index in [1.165, 1.54) is 21.6 Å². The Morgan fingerprint density at radius 2 is 2.00 bits per heavy atom. The molecule has 84 valence electrons. The van der Waals surface area contributed by atoms with Crippen LogP contribution in [0.25, 0.3) is 11.3 Å². The highest BCUT2D eigenvalue weighted by atomic mass is 35.5. The Labute approximate surface area is 105 Å². The van der Waals surface area contributed by atoms with Crippen molar-refractivity contribution in [3.63, 3.8) is 0 Å². The molecule has 2 aromatic rings. The standard InChI is InChI=1S/C13H14ClNS/c1-8-4-5-11(9(2)6-8)13-10(3)16-12(7-14)15-13/h4-6H,7H2,1-3H3. The van der Waals surface area contributed by atoms with Gasteiger partial charge in [0.15, 0.2) is 0 Å².